The minimum atomic E-state index is -6.09. The number of rotatable bonds is 8. The maximum atomic E-state index is 14.4. The van der Waals surface area contributed by atoms with Crippen molar-refractivity contribution in [1.29, 1.82) is 0 Å². The highest BCUT2D eigenvalue weighted by molar-refractivity contribution is 7.88. The molecule has 0 aliphatic carbocycles. The molecular weight excluding hydrogens is 954 g/mol. The molecule has 0 bridgehead atoms. The SMILES string of the molecule is Cc1cc(C)c(-c2ccc(C)c(-c3cc4c5cc(-c6c(C)cc(C)cc6C)ccc5c(-c5cc(-c6c(C)cc(C)cc6C)ccc5OS(=O)(=O)C(F)(F)F)cc4c4cc(-c5c(C)cc(C)cc5C)ccc34)c2)c(C)c1. The lowest BCUT2D eigenvalue weighted by Gasteiger charge is -2.22. The molecule has 0 N–H and O–H groups in total. The molecule has 0 heterocycles. The van der Waals surface area contributed by atoms with Crippen LogP contribution < -0.4 is 4.18 Å². The van der Waals surface area contributed by atoms with Crippen LogP contribution >= 0.6 is 0 Å². The molecule has 0 atom stereocenters. The summed E-state index contributed by atoms with van der Waals surface area (Å²) in [5.41, 5.74) is 20.0. The minimum Gasteiger partial charge on any atom is -0.375 e. The molecule has 75 heavy (non-hydrogen) atoms. The fourth-order valence-electron chi connectivity index (χ4n) is 12.5. The van der Waals surface area contributed by atoms with Crippen LogP contribution in [0.4, 0.5) is 13.2 Å². The van der Waals surface area contributed by atoms with Crippen molar-refractivity contribution in [3.8, 4) is 72.5 Å². The number of aryl methyl sites for hydroxylation is 13. The van der Waals surface area contributed by atoms with Gasteiger partial charge >= 0.3 is 15.6 Å². The number of halogens is 3. The summed E-state index contributed by atoms with van der Waals surface area (Å²) in [5.74, 6) is -0.421. The van der Waals surface area contributed by atoms with Crippen molar-refractivity contribution in [3.05, 3.63) is 206 Å². The Kier molecular flexibility index (Phi) is 12.7. The third-order valence-corrected chi connectivity index (χ3v) is 16.2. The fraction of sp³-hybridized carbons (Fsp3) is 0.206. The van der Waals surface area contributed by atoms with Crippen molar-refractivity contribution in [1.82, 2.24) is 0 Å². The molecule has 0 radical (unpaired) electrons. The second kappa shape index (κ2) is 18.7. The second-order valence-electron chi connectivity index (χ2n) is 21.3. The fourth-order valence-corrected chi connectivity index (χ4v) is 13.0. The summed E-state index contributed by atoms with van der Waals surface area (Å²) in [5, 5.41) is 5.30. The lowest BCUT2D eigenvalue weighted by Crippen LogP contribution is -2.28. The Morgan fingerprint density at radius 1 is 0.307 bits per heavy atom. The Labute approximate surface area is 439 Å². The molecular formula is C68H61F3O3S. The first-order valence-corrected chi connectivity index (χ1v) is 26.9. The second-order valence-corrected chi connectivity index (χ2v) is 22.8. The average Bonchev–Trinajstić information content (AvgIpc) is 3.32. The maximum Gasteiger partial charge on any atom is 0.534 e. The molecule has 0 amide bonds. The van der Waals surface area contributed by atoms with E-state index in [9.17, 15) is 21.6 Å². The van der Waals surface area contributed by atoms with Gasteiger partial charge in [-0.25, -0.2) is 0 Å². The van der Waals surface area contributed by atoms with E-state index in [1.54, 1.807) is 12.1 Å². The van der Waals surface area contributed by atoms with Gasteiger partial charge in [-0.2, -0.15) is 21.6 Å². The first-order valence-electron chi connectivity index (χ1n) is 25.5. The van der Waals surface area contributed by atoms with Crippen molar-refractivity contribution >= 4 is 42.4 Å². The van der Waals surface area contributed by atoms with Crippen LogP contribution in [0.1, 0.15) is 72.3 Å². The molecule has 0 saturated heterocycles. The van der Waals surface area contributed by atoms with E-state index in [1.165, 1.54) is 33.9 Å². The number of hydrogen-bond donors (Lipinski definition) is 0. The van der Waals surface area contributed by atoms with Crippen molar-refractivity contribution in [2.24, 2.45) is 0 Å². The predicted molar refractivity (Wildman–Crippen MR) is 309 cm³/mol. The van der Waals surface area contributed by atoms with Crippen LogP contribution in [-0.2, 0) is 10.1 Å². The molecule has 10 aromatic rings. The Balaban J connectivity index is 1.39. The lowest BCUT2D eigenvalue weighted by molar-refractivity contribution is -0.0499. The highest BCUT2D eigenvalue weighted by Crippen LogP contribution is 2.49. The van der Waals surface area contributed by atoms with Crippen LogP contribution in [-0.4, -0.2) is 13.9 Å². The van der Waals surface area contributed by atoms with Gasteiger partial charge in [0, 0.05) is 5.56 Å². The normalized spacial score (nSPS) is 12.1. The van der Waals surface area contributed by atoms with E-state index in [-0.39, 0.29) is 5.56 Å². The molecule has 3 nitrogen and oxygen atoms in total. The van der Waals surface area contributed by atoms with Gasteiger partial charge in [-0.05, 0) is 276 Å². The van der Waals surface area contributed by atoms with Gasteiger partial charge in [0.05, 0.1) is 0 Å². The zero-order valence-electron chi connectivity index (χ0n) is 45.0. The Morgan fingerprint density at radius 2 is 0.600 bits per heavy atom. The van der Waals surface area contributed by atoms with E-state index >= 15 is 0 Å². The Bertz CT molecular complexity index is 4090. The minimum absolute atomic E-state index is 0.216. The van der Waals surface area contributed by atoms with Crippen molar-refractivity contribution in [2.75, 3.05) is 0 Å². The van der Waals surface area contributed by atoms with Gasteiger partial charge in [-0.3, -0.25) is 0 Å². The molecule has 0 saturated carbocycles. The smallest absolute Gasteiger partial charge is 0.375 e. The molecule has 378 valence electrons. The molecule has 0 fully saturated rings. The number of hydrogen-bond acceptors (Lipinski definition) is 3. The molecule has 0 aliphatic rings. The van der Waals surface area contributed by atoms with Gasteiger partial charge in [-0.15, -0.1) is 0 Å². The molecule has 10 rings (SSSR count). The van der Waals surface area contributed by atoms with Gasteiger partial charge in [0.15, 0.2) is 5.75 Å². The van der Waals surface area contributed by atoms with E-state index in [0.717, 1.165) is 132 Å². The molecule has 10 aromatic carbocycles. The third kappa shape index (κ3) is 9.09. The lowest BCUT2D eigenvalue weighted by atomic mass is 9.83. The van der Waals surface area contributed by atoms with E-state index in [4.69, 9.17) is 4.18 Å². The zero-order chi connectivity index (χ0) is 53.7. The summed E-state index contributed by atoms with van der Waals surface area (Å²) in [7, 11) is -6.09. The quantitative estimate of drug-likeness (QED) is 0.0865. The predicted octanol–water partition coefficient (Wildman–Crippen LogP) is 19.4. The molecule has 0 aliphatic heterocycles. The first-order chi connectivity index (χ1) is 35.4. The van der Waals surface area contributed by atoms with Crippen LogP contribution in [0.3, 0.4) is 0 Å². The van der Waals surface area contributed by atoms with E-state index in [1.807, 2.05) is 32.9 Å². The first kappa shape index (κ1) is 51.0. The molecule has 7 heteroatoms. The average molecular weight is 1020 g/mol. The summed E-state index contributed by atoms with van der Waals surface area (Å²) < 4.78 is 74.7. The highest BCUT2D eigenvalue weighted by atomic mass is 32.2. The van der Waals surface area contributed by atoms with Crippen molar-refractivity contribution in [3.63, 3.8) is 0 Å². The van der Waals surface area contributed by atoms with Crippen LogP contribution in [0.25, 0.3) is 99.1 Å². The summed E-state index contributed by atoms with van der Waals surface area (Å²) in [6.07, 6.45) is 0. The third-order valence-electron chi connectivity index (χ3n) is 15.2. The van der Waals surface area contributed by atoms with Crippen LogP contribution in [0.15, 0.2) is 133 Å². The Morgan fingerprint density at radius 3 is 0.960 bits per heavy atom. The molecule has 0 unspecified atom stereocenters. The zero-order valence-corrected chi connectivity index (χ0v) is 45.8. The summed E-state index contributed by atoms with van der Waals surface area (Å²) in [6.45, 7) is 27.4. The van der Waals surface area contributed by atoms with Gasteiger partial charge in [0.2, 0.25) is 0 Å². The summed E-state index contributed by atoms with van der Waals surface area (Å²) in [6, 6.07) is 46.2. The van der Waals surface area contributed by atoms with Gasteiger partial charge < -0.3 is 4.18 Å². The number of alkyl halides is 3. The highest BCUT2D eigenvalue weighted by Gasteiger charge is 2.49. The van der Waals surface area contributed by atoms with Crippen LogP contribution in [0, 0.1) is 90.0 Å². The molecule has 0 spiro atoms. The van der Waals surface area contributed by atoms with Crippen molar-refractivity contribution < 1.29 is 25.8 Å². The Hall–Kier alpha value is -7.48. The standard InChI is InChI=1S/C68H61F3O3S/c1-36-22-41(6)64(42(7)23-36)49-15-14-40(5)55(30-49)58-34-60-57-32-51(66-45(10)26-38(3)27-46(66)11)17-20-54(57)59(35-61(60)56-31-50(16-19-53(56)58)65-43(8)24-37(2)25-44(65)9)62-33-52(67-47(12)28-39(4)29-48(67)13)18-21-63(62)74-75(72,73)68(69,70)71/h14-35H,1-13H3. The van der Waals surface area contributed by atoms with Gasteiger partial charge in [0.25, 0.3) is 0 Å². The monoisotopic (exact) mass is 1010 g/mol. The van der Waals surface area contributed by atoms with E-state index in [2.05, 4.69) is 172 Å². The van der Waals surface area contributed by atoms with E-state index < -0.39 is 21.4 Å². The maximum absolute atomic E-state index is 14.4. The van der Waals surface area contributed by atoms with Crippen LogP contribution in [0.2, 0.25) is 0 Å². The summed E-state index contributed by atoms with van der Waals surface area (Å²) in [4.78, 5) is 0. The summed E-state index contributed by atoms with van der Waals surface area (Å²) >= 11 is 0. The van der Waals surface area contributed by atoms with E-state index in [0.29, 0.717) is 5.56 Å². The largest absolute Gasteiger partial charge is 0.534 e. The van der Waals surface area contributed by atoms with Crippen molar-refractivity contribution in [2.45, 2.75) is 95.5 Å². The van der Waals surface area contributed by atoms with Gasteiger partial charge in [0.1, 0.15) is 0 Å². The molecule has 0 aromatic heterocycles. The van der Waals surface area contributed by atoms with Gasteiger partial charge in [-0.1, -0.05) is 113 Å². The topological polar surface area (TPSA) is 43.4 Å². The number of benzene rings is 10. The van der Waals surface area contributed by atoms with Crippen LogP contribution in [0.5, 0.6) is 5.75 Å². The number of fused-ring (bicyclic) bond motifs is 5.